The summed E-state index contributed by atoms with van der Waals surface area (Å²) in [5.74, 6) is -1.57. The van der Waals surface area contributed by atoms with Gasteiger partial charge in [-0.3, -0.25) is 24.1 Å². The summed E-state index contributed by atoms with van der Waals surface area (Å²) in [6, 6.07) is 13.0. The summed E-state index contributed by atoms with van der Waals surface area (Å²) in [6.45, 7) is 0.225. The Labute approximate surface area is 199 Å². The summed E-state index contributed by atoms with van der Waals surface area (Å²) < 4.78 is 19.2. The maximum Gasteiger partial charge on any atom is 0.293 e. The molecule has 176 valence electrons. The third kappa shape index (κ3) is 4.81. The topological polar surface area (TPSA) is 96.0 Å². The van der Waals surface area contributed by atoms with E-state index in [4.69, 9.17) is 4.74 Å². The quantitative estimate of drug-likeness (QED) is 0.609. The molecule has 0 saturated carbocycles. The van der Waals surface area contributed by atoms with E-state index >= 15 is 0 Å². The first kappa shape index (κ1) is 23.5. The molecule has 0 spiro atoms. The number of para-hydroxylation sites is 2. The molecule has 2 aromatic carbocycles. The maximum absolute atomic E-state index is 13.9. The largest absolute Gasteiger partial charge is 0.495 e. The summed E-state index contributed by atoms with van der Waals surface area (Å²) in [5, 5.41) is 2.22. The van der Waals surface area contributed by atoms with Crippen LogP contribution in [0, 0.1) is 11.7 Å². The molecular weight excluding hydrogens is 461 g/mol. The number of rotatable bonds is 7. The number of carbonyl (C=O) groups excluding carboxylic acids is 4. The summed E-state index contributed by atoms with van der Waals surface area (Å²) in [5.41, 5.74) is 0.816. The number of nitrogens with one attached hydrogen (secondary N) is 1. The van der Waals surface area contributed by atoms with E-state index in [1.807, 2.05) is 0 Å². The van der Waals surface area contributed by atoms with Crippen molar-refractivity contribution in [1.29, 1.82) is 0 Å². The number of hydrogen-bond acceptors (Lipinski definition) is 6. The number of methoxy groups -OCH3 is 1. The van der Waals surface area contributed by atoms with Gasteiger partial charge >= 0.3 is 0 Å². The SMILES string of the molecule is COc1ccccc1N1CC(C(=O)NCCN2C(=O)S/C(=C\c3ccccc3F)C2=O)CC1=O. The molecule has 2 fully saturated rings. The molecule has 4 amide bonds. The standard InChI is InChI=1S/C24H22FN3O5S/c1-33-19-9-5-4-8-18(19)28-14-16(13-21(28)29)22(30)26-10-11-27-23(31)20(34-24(27)32)12-15-6-2-3-7-17(15)25/h2-9,12,16H,10-11,13-14H2,1H3,(H,26,30)/b20-12-. The van der Waals surface area contributed by atoms with Gasteiger partial charge < -0.3 is 15.0 Å². The summed E-state index contributed by atoms with van der Waals surface area (Å²) in [7, 11) is 1.51. The molecule has 0 bridgehead atoms. The Bertz CT molecular complexity index is 1180. The lowest BCUT2D eigenvalue weighted by molar-refractivity contribution is -0.127. The van der Waals surface area contributed by atoms with Crippen LogP contribution in [0.25, 0.3) is 6.08 Å². The zero-order valence-corrected chi connectivity index (χ0v) is 19.1. The Morgan fingerprint density at radius 2 is 1.91 bits per heavy atom. The second-order valence-corrected chi connectivity index (χ2v) is 8.72. The zero-order chi connectivity index (χ0) is 24.2. The monoisotopic (exact) mass is 483 g/mol. The predicted octanol–water partition coefficient (Wildman–Crippen LogP) is 3.04. The smallest absolute Gasteiger partial charge is 0.293 e. The molecule has 0 aliphatic carbocycles. The van der Waals surface area contributed by atoms with Gasteiger partial charge in [0.1, 0.15) is 11.6 Å². The minimum atomic E-state index is -0.562. The van der Waals surface area contributed by atoms with E-state index < -0.39 is 22.9 Å². The van der Waals surface area contributed by atoms with Gasteiger partial charge in [-0.25, -0.2) is 4.39 Å². The highest BCUT2D eigenvalue weighted by molar-refractivity contribution is 8.18. The summed E-state index contributed by atoms with van der Waals surface area (Å²) >= 11 is 0.727. The molecule has 2 heterocycles. The fourth-order valence-electron chi connectivity index (χ4n) is 3.83. The zero-order valence-electron chi connectivity index (χ0n) is 18.3. The predicted molar refractivity (Wildman–Crippen MR) is 126 cm³/mol. The van der Waals surface area contributed by atoms with Crippen molar-refractivity contribution in [3.05, 3.63) is 64.8 Å². The molecule has 34 heavy (non-hydrogen) atoms. The molecule has 1 N–H and O–H groups in total. The van der Waals surface area contributed by atoms with Crippen molar-refractivity contribution in [2.75, 3.05) is 31.6 Å². The van der Waals surface area contributed by atoms with Gasteiger partial charge in [-0.1, -0.05) is 30.3 Å². The molecule has 8 nitrogen and oxygen atoms in total. The van der Waals surface area contributed by atoms with Gasteiger partial charge in [0, 0.05) is 31.6 Å². The van der Waals surface area contributed by atoms with Crippen molar-refractivity contribution in [3.8, 4) is 5.75 Å². The average molecular weight is 484 g/mol. The first-order valence-corrected chi connectivity index (χ1v) is 11.4. The van der Waals surface area contributed by atoms with Crippen LogP contribution in [-0.4, -0.2) is 54.6 Å². The number of anilines is 1. The highest BCUT2D eigenvalue weighted by Crippen LogP contribution is 2.33. The van der Waals surface area contributed by atoms with Crippen LogP contribution in [0.3, 0.4) is 0 Å². The van der Waals surface area contributed by atoms with Gasteiger partial charge in [0.15, 0.2) is 0 Å². The highest BCUT2D eigenvalue weighted by Gasteiger charge is 2.37. The minimum absolute atomic E-state index is 0.0259. The van der Waals surface area contributed by atoms with Crippen molar-refractivity contribution in [2.45, 2.75) is 6.42 Å². The molecule has 1 unspecified atom stereocenters. The number of hydrogen-bond donors (Lipinski definition) is 1. The number of amides is 4. The van der Waals surface area contributed by atoms with Gasteiger partial charge in [-0.05, 0) is 36.0 Å². The Morgan fingerprint density at radius 3 is 2.68 bits per heavy atom. The molecule has 2 aromatic rings. The van der Waals surface area contributed by atoms with Crippen LogP contribution in [0.2, 0.25) is 0 Å². The lowest BCUT2D eigenvalue weighted by Gasteiger charge is -2.19. The van der Waals surface area contributed by atoms with Crippen LogP contribution in [0.4, 0.5) is 14.9 Å². The molecular formula is C24H22FN3O5S. The van der Waals surface area contributed by atoms with E-state index in [1.54, 1.807) is 30.3 Å². The van der Waals surface area contributed by atoms with E-state index in [2.05, 4.69) is 5.32 Å². The van der Waals surface area contributed by atoms with E-state index in [9.17, 15) is 23.6 Å². The average Bonchev–Trinajstić information content (AvgIpc) is 3.35. The molecule has 10 heteroatoms. The number of nitrogens with zero attached hydrogens (tertiary/aromatic N) is 2. The van der Waals surface area contributed by atoms with Crippen molar-refractivity contribution in [1.82, 2.24) is 10.2 Å². The first-order chi connectivity index (χ1) is 16.4. The molecule has 0 radical (unpaired) electrons. The molecule has 2 saturated heterocycles. The Balaban J connectivity index is 1.33. The number of imide groups is 1. The normalized spacial score (nSPS) is 19.3. The van der Waals surface area contributed by atoms with E-state index in [1.165, 1.54) is 36.3 Å². The number of ether oxygens (including phenoxy) is 1. The van der Waals surface area contributed by atoms with Crippen LogP contribution in [0.1, 0.15) is 12.0 Å². The van der Waals surface area contributed by atoms with Crippen molar-refractivity contribution >= 4 is 46.5 Å². The number of halogens is 1. The van der Waals surface area contributed by atoms with Gasteiger partial charge in [-0.2, -0.15) is 0 Å². The van der Waals surface area contributed by atoms with E-state index in [0.717, 1.165) is 16.7 Å². The van der Waals surface area contributed by atoms with Gasteiger partial charge in [0.25, 0.3) is 11.1 Å². The fourth-order valence-corrected chi connectivity index (χ4v) is 4.69. The lowest BCUT2D eigenvalue weighted by atomic mass is 10.1. The minimum Gasteiger partial charge on any atom is -0.495 e. The number of benzene rings is 2. The van der Waals surface area contributed by atoms with Crippen LogP contribution < -0.4 is 15.0 Å². The van der Waals surface area contributed by atoms with E-state index in [-0.39, 0.29) is 48.3 Å². The molecule has 4 rings (SSSR count). The molecule has 2 aliphatic heterocycles. The molecule has 2 aliphatic rings. The Hall–Kier alpha value is -3.66. The number of carbonyl (C=O) groups is 4. The van der Waals surface area contributed by atoms with Crippen LogP contribution in [0.15, 0.2) is 53.4 Å². The Morgan fingerprint density at radius 1 is 1.18 bits per heavy atom. The second kappa shape index (κ2) is 10.1. The highest BCUT2D eigenvalue weighted by atomic mass is 32.2. The first-order valence-electron chi connectivity index (χ1n) is 10.6. The van der Waals surface area contributed by atoms with Crippen molar-refractivity contribution < 1.29 is 28.3 Å². The van der Waals surface area contributed by atoms with Crippen LogP contribution in [0.5, 0.6) is 5.75 Å². The summed E-state index contributed by atoms with van der Waals surface area (Å²) in [6.07, 6.45) is 1.40. The maximum atomic E-state index is 13.9. The fraction of sp³-hybridized carbons (Fsp3) is 0.250. The lowest BCUT2D eigenvalue weighted by Crippen LogP contribution is -2.40. The third-order valence-electron chi connectivity index (χ3n) is 5.57. The second-order valence-electron chi connectivity index (χ2n) is 7.72. The number of thioether (sulfide) groups is 1. The molecule has 1 atom stereocenters. The third-order valence-corrected chi connectivity index (χ3v) is 6.48. The van der Waals surface area contributed by atoms with Gasteiger partial charge in [0.2, 0.25) is 11.8 Å². The summed E-state index contributed by atoms with van der Waals surface area (Å²) in [4.78, 5) is 52.6. The van der Waals surface area contributed by atoms with Crippen LogP contribution >= 0.6 is 11.8 Å². The van der Waals surface area contributed by atoms with Crippen molar-refractivity contribution in [3.63, 3.8) is 0 Å². The van der Waals surface area contributed by atoms with Crippen molar-refractivity contribution in [2.24, 2.45) is 5.92 Å². The van der Waals surface area contributed by atoms with Gasteiger partial charge in [0.05, 0.1) is 23.6 Å². The van der Waals surface area contributed by atoms with Gasteiger partial charge in [-0.15, -0.1) is 0 Å². The molecule has 0 aromatic heterocycles. The van der Waals surface area contributed by atoms with E-state index in [0.29, 0.717) is 11.4 Å². The van der Waals surface area contributed by atoms with Crippen LogP contribution in [-0.2, 0) is 14.4 Å². The Kier molecular flexibility index (Phi) is 6.97.